The van der Waals surface area contributed by atoms with E-state index < -0.39 is 0 Å². The van der Waals surface area contributed by atoms with Gasteiger partial charge in [0.15, 0.2) is 0 Å². The van der Waals surface area contributed by atoms with Crippen LogP contribution < -0.4 is 5.32 Å². The molecule has 1 nitrogen and oxygen atoms in total. The highest BCUT2D eigenvalue weighted by Crippen LogP contribution is 2.26. The molecule has 0 saturated carbocycles. The number of nitrogens with one attached hydrogen (secondary N) is 1. The van der Waals surface area contributed by atoms with Crippen molar-refractivity contribution >= 4 is 0 Å². The monoisotopic (exact) mass is 233 g/mol. The second-order valence-electron chi connectivity index (χ2n) is 5.30. The molecule has 0 aliphatic carbocycles. The van der Waals surface area contributed by atoms with Crippen LogP contribution in [0.25, 0.3) is 0 Å². The quantitative estimate of drug-likeness (QED) is 0.747. The summed E-state index contributed by atoms with van der Waals surface area (Å²) in [5.41, 5.74) is 2.86. The Bertz CT molecular complexity index is 319. The van der Waals surface area contributed by atoms with Crippen LogP contribution in [0.4, 0.5) is 0 Å². The smallest absolute Gasteiger partial charge is 0.00172 e. The SMILES string of the molecule is CCCC(C)CC(CNC)c1cccc(C)c1. The van der Waals surface area contributed by atoms with Crippen LogP contribution in [0.15, 0.2) is 24.3 Å². The van der Waals surface area contributed by atoms with Crippen LogP contribution in [-0.4, -0.2) is 13.6 Å². The Morgan fingerprint density at radius 2 is 2.06 bits per heavy atom. The molecule has 96 valence electrons. The summed E-state index contributed by atoms with van der Waals surface area (Å²) in [6, 6.07) is 8.96. The van der Waals surface area contributed by atoms with Gasteiger partial charge in [-0.05, 0) is 37.8 Å². The molecule has 0 aromatic heterocycles. The third-order valence-electron chi connectivity index (χ3n) is 3.43. The Kier molecular flexibility index (Phi) is 6.28. The second kappa shape index (κ2) is 7.50. The largest absolute Gasteiger partial charge is 0.319 e. The first-order valence-corrected chi connectivity index (χ1v) is 6.88. The van der Waals surface area contributed by atoms with Crippen molar-refractivity contribution < 1.29 is 0 Å². The molecule has 1 aromatic rings. The Morgan fingerprint density at radius 1 is 1.29 bits per heavy atom. The molecule has 0 heterocycles. The highest BCUT2D eigenvalue weighted by molar-refractivity contribution is 5.25. The van der Waals surface area contributed by atoms with E-state index in [2.05, 4.69) is 50.4 Å². The highest BCUT2D eigenvalue weighted by Gasteiger charge is 2.14. The van der Waals surface area contributed by atoms with Gasteiger partial charge in [-0.3, -0.25) is 0 Å². The topological polar surface area (TPSA) is 12.0 Å². The van der Waals surface area contributed by atoms with Crippen molar-refractivity contribution in [2.45, 2.75) is 46.0 Å². The van der Waals surface area contributed by atoms with Crippen LogP contribution in [0.5, 0.6) is 0 Å². The molecular weight excluding hydrogens is 206 g/mol. The maximum atomic E-state index is 3.33. The fourth-order valence-corrected chi connectivity index (χ4v) is 2.60. The van der Waals surface area contributed by atoms with Gasteiger partial charge in [-0.1, -0.05) is 56.5 Å². The average molecular weight is 233 g/mol. The number of hydrogen-bond acceptors (Lipinski definition) is 1. The van der Waals surface area contributed by atoms with E-state index in [1.165, 1.54) is 30.4 Å². The van der Waals surface area contributed by atoms with Crippen molar-refractivity contribution in [2.24, 2.45) is 5.92 Å². The van der Waals surface area contributed by atoms with Gasteiger partial charge in [0.05, 0.1) is 0 Å². The first-order chi connectivity index (χ1) is 8.17. The van der Waals surface area contributed by atoms with Gasteiger partial charge in [0.1, 0.15) is 0 Å². The van der Waals surface area contributed by atoms with E-state index in [9.17, 15) is 0 Å². The minimum absolute atomic E-state index is 0.654. The van der Waals surface area contributed by atoms with Crippen LogP contribution in [0, 0.1) is 12.8 Å². The normalized spacial score (nSPS) is 14.6. The van der Waals surface area contributed by atoms with E-state index in [0.29, 0.717) is 5.92 Å². The Balaban J connectivity index is 2.71. The summed E-state index contributed by atoms with van der Waals surface area (Å²) in [4.78, 5) is 0. The van der Waals surface area contributed by atoms with Gasteiger partial charge in [-0.2, -0.15) is 0 Å². The van der Waals surface area contributed by atoms with Gasteiger partial charge in [0, 0.05) is 6.54 Å². The highest BCUT2D eigenvalue weighted by atomic mass is 14.8. The first-order valence-electron chi connectivity index (χ1n) is 6.88. The molecule has 0 amide bonds. The fourth-order valence-electron chi connectivity index (χ4n) is 2.60. The third kappa shape index (κ3) is 4.91. The van der Waals surface area contributed by atoms with E-state index in [-0.39, 0.29) is 0 Å². The van der Waals surface area contributed by atoms with Crippen LogP contribution in [0.3, 0.4) is 0 Å². The molecular formula is C16H27N. The minimum atomic E-state index is 0.654. The lowest BCUT2D eigenvalue weighted by Gasteiger charge is -2.21. The van der Waals surface area contributed by atoms with Crippen LogP contribution in [0.1, 0.15) is 50.2 Å². The van der Waals surface area contributed by atoms with Crippen molar-refractivity contribution in [2.75, 3.05) is 13.6 Å². The van der Waals surface area contributed by atoms with Crippen LogP contribution >= 0.6 is 0 Å². The molecule has 0 radical (unpaired) electrons. The van der Waals surface area contributed by atoms with Crippen molar-refractivity contribution in [3.8, 4) is 0 Å². The molecule has 0 aliphatic rings. The molecule has 1 heteroatoms. The zero-order valence-corrected chi connectivity index (χ0v) is 11.8. The molecule has 0 fully saturated rings. The number of hydrogen-bond donors (Lipinski definition) is 1. The Labute approximate surface area is 107 Å². The summed E-state index contributed by atoms with van der Waals surface area (Å²) < 4.78 is 0. The number of rotatable bonds is 7. The first kappa shape index (κ1) is 14.2. The lowest BCUT2D eigenvalue weighted by atomic mass is 9.87. The van der Waals surface area contributed by atoms with Gasteiger partial charge < -0.3 is 5.32 Å². The standard InChI is InChI=1S/C16H27N/c1-5-7-13(2)11-16(12-17-4)15-9-6-8-14(3)10-15/h6,8-10,13,16-17H,5,7,11-12H2,1-4H3. The fraction of sp³-hybridized carbons (Fsp3) is 0.625. The zero-order chi connectivity index (χ0) is 12.7. The molecule has 2 atom stereocenters. The zero-order valence-electron chi connectivity index (χ0n) is 11.8. The molecule has 1 rings (SSSR count). The number of likely N-dealkylation sites (N-methyl/N-ethyl adjacent to an activating group) is 1. The second-order valence-corrected chi connectivity index (χ2v) is 5.30. The Hall–Kier alpha value is -0.820. The van der Waals surface area contributed by atoms with Gasteiger partial charge in [-0.15, -0.1) is 0 Å². The summed E-state index contributed by atoms with van der Waals surface area (Å²) >= 11 is 0. The lowest BCUT2D eigenvalue weighted by molar-refractivity contribution is 0.426. The third-order valence-corrected chi connectivity index (χ3v) is 3.43. The molecule has 1 N–H and O–H groups in total. The van der Waals surface area contributed by atoms with E-state index >= 15 is 0 Å². The maximum absolute atomic E-state index is 3.33. The van der Waals surface area contributed by atoms with Crippen molar-refractivity contribution in [1.29, 1.82) is 0 Å². The molecule has 0 bridgehead atoms. The van der Waals surface area contributed by atoms with Gasteiger partial charge in [0.2, 0.25) is 0 Å². The van der Waals surface area contributed by atoms with Crippen molar-refractivity contribution in [3.05, 3.63) is 35.4 Å². The molecule has 17 heavy (non-hydrogen) atoms. The molecule has 0 aliphatic heterocycles. The maximum Gasteiger partial charge on any atom is 0.00172 e. The summed E-state index contributed by atoms with van der Waals surface area (Å²) in [6.45, 7) is 7.91. The number of aryl methyl sites for hydroxylation is 1. The molecule has 1 aromatic carbocycles. The van der Waals surface area contributed by atoms with E-state index in [4.69, 9.17) is 0 Å². The van der Waals surface area contributed by atoms with Gasteiger partial charge >= 0.3 is 0 Å². The summed E-state index contributed by atoms with van der Waals surface area (Å²) in [5, 5.41) is 3.33. The summed E-state index contributed by atoms with van der Waals surface area (Å²) in [7, 11) is 2.05. The molecule has 2 unspecified atom stereocenters. The molecule has 0 spiro atoms. The Morgan fingerprint density at radius 3 is 2.65 bits per heavy atom. The van der Waals surface area contributed by atoms with Crippen LogP contribution in [-0.2, 0) is 0 Å². The van der Waals surface area contributed by atoms with E-state index in [0.717, 1.165) is 12.5 Å². The molecule has 0 saturated heterocycles. The minimum Gasteiger partial charge on any atom is -0.319 e. The van der Waals surface area contributed by atoms with Crippen LogP contribution in [0.2, 0.25) is 0 Å². The predicted octanol–water partition coefficient (Wildman–Crippen LogP) is 4.12. The van der Waals surface area contributed by atoms with Gasteiger partial charge in [0.25, 0.3) is 0 Å². The lowest BCUT2D eigenvalue weighted by Crippen LogP contribution is -2.19. The predicted molar refractivity (Wildman–Crippen MR) is 76.5 cm³/mol. The van der Waals surface area contributed by atoms with Crippen molar-refractivity contribution in [1.82, 2.24) is 5.32 Å². The average Bonchev–Trinajstić information content (AvgIpc) is 2.29. The van der Waals surface area contributed by atoms with E-state index in [1.807, 2.05) is 7.05 Å². The van der Waals surface area contributed by atoms with Gasteiger partial charge in [-0.25, -0.2) is 0 Å². The van der Waals surface area contributed by atoms with E-state index in [1.54, 1.807) is 0 Å². The summed E-state index contributed by atoms with van der Waals surface area (Å²) in [6.07, 6.45) is 3.92. The number of benzene rings is 1. The van der Waals surface area contributed by atoms with Crippen molar-refractivity contribution in [3.63, 3.8) is 0 Å². The summed E-state index contributed by atoms with van der Waals surface area (Å²) in [5.74, 6) is 1.47.